The Labute approximate surface area is 136 Å². The minimum absolute atomic E-state index is 0.147. The van der Waals surface area contributed by atoms with E-state index in [-0.39, 0.29) is 5.43 Å². The van der Waals surface area contributed by atoms with Gasteiger partial charge in [-0.3, -0.25) is 4.79 Å². The minimum atomic E-state index is -0.147. The Bertz CT molecular complexity index is 898. The maximum Gasteiger partial charge on any atom is 0.203 e. The lowest BCUT2D eigenvalue weighted by atomic mass is 10.1. The van der Waals surface area contributed by atoms with Crippen molar-refractivity contribution >= 4 is 52.4 Å². The zero-order chi connectivity index (χ0) is 15.1. The molecule has 0 aliphatic carbocycles. The van der Waals surface area contributed by atoms with Crippen LogP contribution in [0.1, 0.15) is 0 Å². The molecule has 0 spiro atoms. The Morgan fingerprint density at radius 2 is 1.71 bits per heavy atom. The third kappa shape index (κ3) is 2.39. The smallest absolute Gasteiger partial charge is 0.203 e. The maximum atomic E-state index is 12.4. The quantitative estimate of drug-likeness (QED) is 0.456. The minimum Gasteiger partial charge on any atom is -0.396 e. The molecule has 3 nitrogen and oxygen atoms in total. The summed E-state index contributed by atoms with van der Waals surface area (Å²) in [6, 6.07) is 10.5. The van der Waals surface area contributed by atoms with Crippen LogP contribution in [0.25, 0.3) is 22.2 Å². The highest BCUT2D eigenvalue weighted by Crippen LogP contribution is 2.34. The van der Waals surface area contributed by atoms with Crippen molar-refractivity contribution in [2.75, 3.05) is 5.73 Å². The molecule has 0 radical (unpaired) electrons. The van der Waals surface area contributed by atoms with Crippen LogP contribution < -0.4 is 11.2 Å². The molecule has 0 aliphatic heterocycles. The third-order valence-corrected chi connectivity index (χ3v) is 4.30. The number of nitrogens with two attached hydrogens (primary N) is 1. The molecule has 21 heavy (non-hydrogen) atoms. The molecule has 106 valence electrons. The largest absolute Gasteiger partial charge is 0.396 e. The number of nitrogens with one attached hydrogen (secondary N) is 1. The van der Waals surface area contributed by atoms with E-state index in [0.717, 1.165) is 5.52 Å². The molecular weight excluding hydrogens is 327 g/mol. The fraction of sp³-hybridized carbons (Fsp3) is 0. The lowest BCUT2D eigenvalue weighted by Crippen LogP contribution is -2.07. The molecule has 1 heterocycles. The van der Waals surface area contributed by atoms with E-state index in [1.807, 2.05) is 12.1 Å². The van der Waals surface area contributed by atoms with Crippen LogP contribution in [0.15, 0.2) is 46.1 Å². The van der Waals surface area contributed by atoms with E-state index in [1.165, 1.54) is 0 Å². The van der Waals surface area contributed by atoms with Gasteiger partial charge in [-0.2, -0.15) is 0 Å². The third-order valence-electron chi connectivity index (χ3n) is 3.25. The second-order valence-corrected chi connectivity index (χ2v) is 5.84. The van der Waals surface area contributed by atoms with Gasteiger partial charge in [0.05, 0.1) is 26.3 Å². The van der Waals surface area contributed by atoms with Gasteiger partial charge < -0.3 is 10.7 Å². The van der Waals surface area contributed by atoms with Crippen LogP contribution in [-0.4, -0.2) is 4.98 Å². The molecule has 3 rings (SSSR count). The number of halogens is 2. The topological polar surface area (TPSA) is 58.9 Å². The van der Waals surface area contributed by atoms with E-state index >= 15 is 0 Å². The van der Waals surface area contributed by atoms with Gasteiger partial charge in [-0.15, -0.1) is 12.6 Å². The van der Waals surface area contributed by atoms with E-state index < -0.39 is 0 Å². The second-order valence-electron chi connectivity index (χ2n) is 4.58. The van der Waals surface area contributed by atoms with Crippen molar-refractivity contribution in [3.05, 3.63) is 56.7 Å². The van der Waals surface area contributed by atoms with Crippen LogP contribution in [0.2, 0.25) is 10.0 Å². The van der Waals surface area contributed by atoms with Crippen LogP contribution in [-0.2, 0) is 0 Å². The first-order chi connectivity index (χ1) is 9.99. The Hall–Kier alpha value is -1.62. The van der Waals surface area contributed by atoms with Gasteiger partial charge in [0.15, 0.2) is 0 Å². The SMILES string of the molecule is Nc1c(Cl)cc(-c2[nH]c3ccccc3c(=O)c2S)cc1Cl. The summed E-state index contributed by atoms with van der Waals surface area (Å²) in [7, 11) is 0. The second kappa shape index (κ2) is 5.30. The Balaban J connectivity index is 2.35. The van der Waals surface area contributed by atoms with Crippen molar-refractivity contribution in [2.45, 2.75) is 4.90 Å². The maximum absolute atomic E-state index is 12.4. The summed E-state index contributed by atoms with van der Waals surface area (Å²) in [5, 5.41) is 1.25. The van der Waals surface area contributed by atoms with E-state index in [0.29, 0.717) is 37.3 Å². The normalized spacial score (nSPS) is 11.0. The first-order valence-corrected chi connectivity index (χ1v) is 7.28. The average molecular weight is 337 g/mol. The fourth-order valence-electron chi connectivity index (χ4n) is 2.16. The van der Waals surface area contributed by atoms with Gasteiger partial charge in [0, 0.05) is 16.5 Å². The fourth-order valence-corrected chi connectivity index (χ4v) is 2.96. The molecule has 0 bridgehead atoms. The highest BCUT2D eigenvalue weighted by molar-refractivity contribution is 7.80. The highest BCUT2D eigenvalue weighted by Gasteiger charge is 2.13. The van der Waals surface area contributed by atoms with Crippen molar-refractivity contribution in [3.63, 3.8) is 0 Å². The molecule has 2 aromatic carbocycles. The molecule has 6 heteroatoms. The molecule has 0 fully saturated rings. The number of aromatic nitrogens is 1. The number of aromatic amines is 1. The molecule has 3 N–H and O–H groups in total. The Morgan fingerprint density at radius 3 is 2.38 bits per heavy atom. The first-order valence-electron chi connectivity index (χ1n) is 6.08. The lowest BCUT2D eigenvalue weighted by molar-refractivity contribution is 1.27. The molecule has 0 amide bonds. The van der Waals surface area contributed by atoms with E-state index in [2.05, 4.69) is 17.6 Å². The number of nitrogen functional groups attached to an aromatic ring is 1. The number of pyridine rings is 1. The molecule has 0 saturated heterocycles. The zero-order valence-corrected chi connectivity index (χ0v) is 13.1. The number of benzene rings is 2. The first kappa shape index (κ1) is 14.3. The monoisotopic (exact) mass is 336 g/mol. The van der Waals surface area contributed by atoms with Crippen LogP contribution in [0.5, 0.6) is 0 Å². The van der Waals surface area contributed by atoms with E-state index in [4.69, 9.17) is 28.9 Å². The molecule has 1 aromatic heterocycles. The molecule has 3 aromatic rings. The van der Waals surface area contributed by atoms with Gasteiger partial charge in [-0.25, -0.2) is 0 Å². The summed E-state index contributed by atoms with van der Waals surface area (Å²) >= 11 is 16.4. The number of H-pyrrole nitrogens is 1. The predicted molar refractivity (Wildman–Crippen MR) is 91.7 cm³/mol. The molecule has 0 aliphatic rings. The van der Waals surface area contributed by atoms with E-state index in [1.54, 1.807) is 24.3 Å². The van der Waals surface area contributed by atoms with Crippen LogP contribution >= 0.6 is 35.8 Å². The van der Waals surface area contributed by atoms with Crippen LogP contribution in [0.4, 0.5) is 5.69 Å². The highest BCUT2D eigenvalue weighted by atomic mass is 35.5. The summed E-state index contributed by atoms with van der Waals surface area (Å²) in [6.45, 7) is 0. The summed E-state index contributed by atoms with van der Waals surface area (Å²) in [5.41, 5.74) is 7.84. The van der Waals surface area contributed by atoms with Crippen molar-refractivity contribution in [2.24, 2.45) is 0 Å². The summed E-state index contributed by atoms with van der Waals surface area (Å²) in [4.78, 5) is 15.9. The van der Waals surface area contributed by atoms with Gasteiger partial charge in [-0.1, -0.05) is 35.3 Å². The number of thiol groups is 1. The summed E-state index contributed by atoms with van der Waals surface area (Å²) in [6.07, 6.45) is 0. The van der Waals surface area contributed by atoms with Crippen molar-refractivity contribution < 1.29 is 0 Å². The van der Waals surface area contributed by atoms with Crippen molar-refractivity contribution in [3.8, 4) is 11.3 Å². The number of rotatable bonds is 1. The van der Waals surface area contributed by atoms with Crippen molar-refractivity contribution in [1.82, 2.24) is 4.98 Å². The number of fused-ring (bicyclic) bond motifs is 1. The molecular formula is C15H10Cl2N2OS. The van der Waals surface area contributed by atoms with Gasteiger partial charge in [0.25, 0.3) is 0 Å². The Kier molecular flexibility index (Phi) is 3.61. The number of hydrogen-bond acceptors (Lipinski definition) is 3. The van der Waals surface area contributed by atoms with Gasteiger partial charge in [-0.05, 0) is 24.3 Å². The standard InChI is InChI=1S/C15H10Cl2N2OS/c16-9-5-7(6-10(17)12(9)18)13-15(21)14(20)8-3-1-2-4-11(8)19-13/h1-6,21H,18H2,(H,19,20). The number of hydrogen-bond donors (Lipinski definition) is 3. The molecule has 0 unspecified atom stereocenters. The average Bonchev–Trinajstić information content (AvgIpc) is 2.48. The lowest BCUT2D eigenvalue weighted by Gasteiger charge is -2.10. The van der Waals surface area contributed by atoms with Crippen LogP contribution in [0.3, 0.4) is 0 Å². The predicted octanol–water partition coefficient (Wildman–Crippen LogP) is 4.37. The zero-order valence-electron chi connectivity index (χ0n) is 10.7. The Morgan fingerprint density at radius 1 is 1.10 bits per heavy atom. The van der Waals surface area contributed by atoms with Gasteiger partial charge >= 0.3 is 0 Å². The number of anilines is 1. The van der Waals surface area contributed by atoms with E-state index in [9.17, 15) is 4.79 Å². The van der Waals surface area contributed by atoms with Crippen molar-refractivity contribution in [1.29, 1.82) is 0 Å². The number of para-hydroxylation sites is 1. The van der Waals surface area contributed by atoms with Gasteiger partial charge in [0.1, 0.15) is 0 Å². The summed E-state index contributed by atoms with van der Waals surface area (Å²) < 4.78 is 0. The van der Waals surface area contributed by atoms with Gasteiger partial charge in [0.2, 0.25) is 5.43 Å². The van der Waals surface area contributed by atoms with Crippen LogP contribution in [0, 0.1) is 0 Å². The summed E-state index contributed by atoms with van der Waals surface area (Å²) in [5.74, 6) is 0. The molecule has 0 atom stereocenters. The molecule has 0 saturated carbocycles.